The van der Waals surface area contributed by atoms with Crippen LogP contribution in [-0.4, -0.2) is 31.3 Å². The molecule has 24 heavy (non-hydrogen) atoms. The van der Waals surface area contributed by atoms with E-state index in [0.29, 0.717) is 6.42 Å². The summed E-state index contributed by atoms with van der Waals surface area (Å²) in [4.78, 5) is 16.4. The minimum atomic E-state index is -3.16. The number of carbonyl (C=O) groups is 1. The largest absolute Gasteiger partial charge is 0.347 e. The van der Waals surface area contributed by atoms with Gasteiger partial charge in [-0.05, 0) is 31.0 Å². The molecule has 0 unspecified atom stereocenters. The van der Waals surface area contributed by atoms with Crippen LogP contribution < -0.4 is 5.32 Å². The van der Waals surface area contributed by atoms with E-state index in [1.807, 2.05) is 49.4 Å². The summed E-state index contributed by atoms with van der Waals surface area (Å²) in [6, 6.07) is 13.3. The number of benzene rings is 1. The highest BCUT2D eigenvalue weighted by Crippen LogP contribution is 2.17. The Bertz CT molecular complexity index is 772. The minimum Gasteiger partial charge on any atom is -0.347 e. The Morgan fingerprint density at radius 2 is 1.88 bits per heavy atom. The van der Waals surface area contributed by atoms with Gasteiger partial charge in [0.05, 0.1) is 17.5 Å². The molecule has 0 saturated heterocycles. The average molecular weight is 346 g/mol. The van der Waals surface area contributed by atoms with Gasteiger partial charge in [-0.25, -0.2) is 8.42 Å². The van der Waals surface area contributed by atoms with E-state index in [1.54, 1.807) is 6.20 Å². The molecule has 0 aliphatic rings. The first kappa shape index (κ1) is 18.1. The molecule has 128 valence electrons. The number of amides is 1. The molecule has 1 heterocycles. The topological polar surface area (TPSA) is 76.1 Å². The first-order valence-electron chi connectivity index (χ1n) is 7.77. The van der Waals surface area contributed by atoms with Gasteiger partial charge in [-0.2, -0.15) is 0 Å². The molecule has 0 bridgehead atoms. The Labute approximate surface area is 143 Å². The van der Waals surface area contributed by atoms with Crippen LogP contribution in [0, 0.1) is 6.92 Å². The number of carbonyl (C=O) groups excluding carboxylic acids is 1. The van der Waals surface area contributed by atoms with Crippen LogP contribution in [0.3, 0.4) is 0 Å². The van der Waals surface area contributed by atoms with Crippen molar-refractivity contribution < 1.29 is 13.2 Å². The molecule has 1 atom stereocenters. The molecule has 0 spiro atoms. The smallest absolute Gasteiger partial charge is 0.221 e. The summed E-state index contributed by atoms with van der Waals surface area (Å²) in [5.74, 6) is -0.443. The van der Waals surface area contributed by atoms with E-state index in [2.05, 4.69) is 10.3 Å². The monoisotopic (exact) mass is 346 g/mol. The van der Waals surface area contributed by atoms with E-state index in [-0.39, 0.29) is 24.1 Å². The second-order valence-corrected chi connectivity index (χ2v) is 8.20. The summed E-state index contributed by atoms with van der Waals surface area (Å²) >= 11 is 0. The van der Waals surface area contributed by atoms with Crippen molar-refractivity contribution in [2.75, 3.05) is 12.0 Å². The van der Waals surface area contributed by atoms with Crippen LogP contribution in [0.1, 0.15) is 29.3 Å². The van der Waals surface area contributed by atoms with Crippen LogP contribution in [-0.2, 0) is 21.1 Å². The zero-order valence-electron chi connectivity index (χ0n) is 13.9. The Balaban J connectivity index is 2.11. The molecule has 0 saturated carbocycles. The number of rotatable bonds is 7. The number of nitrogens with one attached hydrogen (secondary N) is 1. The summed E-state index contributed by atoms with van der Waals surface area (Å²) < 4.78 is 22.4. The van der Waals surface area contributed by atoms with Gasteiger partial charge < -0.3 is 5.32 Å². The summed E-state index contributed by atoms with van der Waals surface area (Å²) in [5, 5.41) is 2.90. The number of hydrogen-bond acceptors (Lipinski definition) is 4. The number of sulfone groups is 1. The highest BCUT2D eigenvalue weighted by atomic mass is 32.2. The summed E-state index contributed by atoms with van der Waals surface area (Å²) in [6.45, 7) is 2.02. The van der Waals surface area contributed by atoms with Crippen LogP contribution in [0.5, 0.6) is 0 Å². The van der Waals surface area contributed by atoms with Crippen molar-refractivity contribution in [2.24, 2.45) is 0 Å². The van der Waals surface area contributed by atoms with Crippen LogP contribution in [0.15, 0.2) is 48.7 Å². The van der Waals surface area contributed by atoms with E-state index in [1.165, 1.54) is 5.56 Å². The third kappa shape index (κ3) is 6.12. The fourth-order valence-electron chi connectivity index (χ4n) is 2.32. The van der Waals surface area contributed by atoms with Crippen LogP contribution in [0.2, 0.25) is 0 Å². The highest BCUT2D eigenvalue weighted by molar-refractivity contribution is 7.90. The standard InChI is InChI=1S/C18H22N2O3S/c1-14-6-8-15(9-7-14)13-17(16-5-3-4-11-19-16)20-18(21)10-12-24(2,22)23/h3-9,11,17H,10,12-13H2,1-2H3,(H,20,21)/t17-/m1/s1. The van der Waals surface area contributed by atoms with Crippen molar-refractivity contribution >= 4 is 15.7 Å². The third-order valence-corrected chi connectivity index (χ3v) is 4.59. The van der Waals surface area contributed by atoms with Gasteiger partial charge in [-0.1, -0.05) is 35.9 Å². The number of nitrogens with zero attached hydrogens (tertiary/aromatic N) is 1. The van der Waals surface area contributed by atoms with Crippen LogP contribution >= 0.6 is 0 Å². The molecule has 1 amide bonds. The van der Waals surface area contributed by atoms with Gasteiger partial charge in [0.1, 0.15) is 9.84 Å². The molecule has 1 aromatic heterocycles. The lowest BCUT2D eigenvalue weighted by Gasteiger charge is -2.18. The molecule has 2 aromatic rings. The average Bonchev–Trinajstić information content (AvgIpc) is 2.54. The maximum atomic E-state index is 12.1. The zero-order chi connectivity index (χ0) is 17.6. The summed E-state index contributed by atoms with van der Waals surface area (Å²) in [5.41, 5.74) is 3.01. The Kier molecular flexibility index (Phi) is 6.09. The van der Waals surface area contributed by atoms with E-state index in [9.17, 15) is 13.2 Å². The van der Waals surface area contributed by atoms with Gasteiger partial charge in [0, 0.05) is 18.9 Å². The lowest BCUT2D eigenvalue weighted by atomic mass is 10.0. The lowest BCUT2D eigenvalue weighted by Crippen LogP contribution is -2.31. The van der Waals surface area contributed by atoms with E-state index in [4.69, 9.17) is 0 Å². The molecule has 0 aliphatic carbocycles. The number of hydrogen-bond donors (Lipinski definition) is 1. The lowest BCUT2D eigenvalue weighted by molar-refractivity contribution is -0.121. The third-order valence-electron chi connectivity index (χ3n) is 3.64. The fourth-order valence-corrected chi connectivity index (χ4v) is 2.87. The number of aromatic nitrogens is 1. The Morgan fingerprint density at radius 1 is 1.17 bits per heavy atom. The van der Waals surface area contributed by atoms with Crippen molar-refractivity contribution in [3.05, 3.63) is 65.5 Å². The molecule has 0 fully saturated rings. The molecule has 0 radical (unpaired) electrons. The maximum Gasteiger partial charge on any atom is 0.221 e. The van der Waals surface area contributed by atoms with E-state index < -0.39 is 9.84 Å². The second-order valence-electron chi connectivity index (χ2n) is 5.94. The van der Waals surface area contributed by atoms with Crippen LogP contribution in [0.25, 0.3) is 0 Å². The Hall–Kier alpha value is -2.21. The van der Waals surface area contributed by atoms with Crippen LogP contribution in [0.4, 0.5) is 0 Å². The molecule has 6 heteroatoms. The van der Waals surface area contributed by atoms with Gasteiger partial charge in [-0.3, -0.25) is 9.78 Å². The van der Waals surface area contributed by atoms with Gasteiger partial charge in [-0.15, -0.1) is 0 Å². The van der Waals surface area contributed by atoms with Crippen molar-refractivity contribution in [3.8, 4) is 0 Å². The summed E-state index contributed by atoms with van der Waals surface area (Å²) in [6.07, 6.45) is 3.36. The first-order valence-corrected chi connectivity index (χ1v) is 9.83. The van der Waals surface area contributed by atoms with Gasteiger partial charge >= 0.3 is 0 Å². The van der Waals surface area contributed by atoms with Gasteiger partial charge in [0.15, 0.2) is 0 Å². The van der Waals surface area contributed by atoms with Crippen molar-refractivity contribution in [3.63, 3.8) is 0 Å². The normalized spacial score (nSPS) is 12.6. The van der Waals surface area contributed by atoms with E-state index in [0.717, 1.165) is 17.5 Å². The quantitative estimate of drug-likeness (QED) is 0.834. The van der Waals surface area contributed by atoms with Crippen molar-refractivity contribution in [2.45, 2.75) is 25.8 Å². The Morgan fingerprint density at radius 3 is 2.46 bits per heavy atom. The molecule has 1 aromatic carbocycles. The molecule has 0 aliphatic heterocycles. The molecular weight excluding hydrogens is 324 g/mol. The molecule has 2 rings (SSSR count). The minimum absolute atomic E-state index is 0.0456. The predicted octanol–water partition coefficient (Wildman–Crippen LogP) is 2.22. The fraction of sp³-hybridized carbons (Fsp3) is 0.333. The SMILES string of the molecule is Cc1ccc(C[C@@H](NC(=O)CCS(C)(=O)=O)c2ccccn2)cc1. The maximum absolute atomic E-state index is 12.1. The van der Waals surface area contributed by atoms with Crippen molar-refractivity contribution in [1.82, 2.24) is 10.3 Å². The van der Waals surface area contributed by atoms with Crippen molar-refractivity contribution in [1.29, 1.82) is 0 Å². The van der Waals surface area contributed by atoms with Gasteiger partial charge in [0.25, 0.3) is 0 Å². The number of pyridine rings is 1. The molecule has 5 nitrogen and oxygen atoms in total. The highest BCUT2D eigenvalue weighted by Gasteiger charge is 2.17. The zero-order valence-corrected chi connectivity index (χ0v) is 14.7. The molecule has 1 N–H and O–H groups in total. The second kappa shape index (κ2) is 8.06. The predicted molar refractivity (Wildman–Crippen MR) is 94.3 cm³/mol. The molecular formula is C18H22N2O3S. The van der Waals surface area contributed by atoms with E-state index >= 15 is 0 Å². The number of aryl methyl sites for hydroxylation is 1. The summed E-state index contributed by atoms with van der Waals surface area (Å²) in [7, 11) is -3.16. The van der Waals surface area contributed by atoms with Gasteiger partial charge in [0.2, 0.25) is 5.91 Å². The first-order chi connectivity index (χ1) is 11.3.